The Labute approximate surface area is 365 Å². The van der Waals surface area contributed by atoms with Crippen LogP contribution in [0.1, 0.15) is 0 Å². The molecule has 0 radical (unpaired) electrons. The highest BCUT2D eigenvalue weighted by molar-refractivity contribution is 4.83. The van der Waals surface area contributed by atoms with Gasteiger partial charge in [0.05, 0.1) is 238 Å². The zero-order chi connectivity index (χ0) is 43.7. The van der Waals surface area contributed by atoms with E-state index in [0.29, 0.717) is 251 Å². The number of terminal acetylenes is 2. The van der Waals surface area contributed by atoms with Crippen LogP contribution in [0.4, 0.5) is 0 Å². The minimum Gasteiger partial charge on any atom is -0.377 e. The van der Waals surface area contributed by atoms with Crippen molar-refractivity contribution >= 4 is 0 Å². The quantitative estimate of drug-likeness (QED) is 0.0612. The molecule has 19 heteroatoms. The van der Waals surface area contributed by atoms with Crippen molar-refractivity contribution in [2.24, 2.45) is 0 Å². The number of rotatable bonds is 56. The molecule has 0 aromatic rings. The minimum atomic E-state index is 0.302. The first-order chi connectivity index (χ1) is 30.4. The van der Waals surface area contributed by atoms with Gasteiger partial charge in [0.1, 0.15) is 13.2 Å². The van der Waals surface area contributed by atoms with E-state index in [1.165, 1.54) is 0 Å². The molecule has 0 bridgehead atoms. The molecule has 0 aliphatic rings. The van der Waals surface area contributed by atoms with E-state index in [1.54, 1.807) is 0 Å². The van der Waals surface area contributed by atoms with Crippen LogP contribution in [0.2, 0.25) is 0 Å². The summed E-state index contributed by atoms with van der Waals surface area (Å²) in [6.07, 6.45) is 10.2. The summed E-state index contributed by atoms with van der Waals surface area (Å²) in [6, 6.07) is 0. The van der Waals surface area contributed by atoms with E-state index in [9.17, 15) is 0 Å². The predicted molar refractivity (Wildman–Crippen MR) is 223 cm³/mol. The molecule has 0 fully saturated rings. The Morgan fingerprint density at radius 3 is 0.311 bits per heavy atom. The summed E-state index contributed by atoms with van der Waals surface area (Å²) < 4.78 is 103. The first-order valence-corrected chi connectivity index (χ1v) is 21.3. The number of ether oxygens (including phenoxy) is 19. The first kappa shape index (κ1) is 59.4. The summed E-state index contributed by atoms with van der Waals surface area (Å²) in [7, 11) is 0. The van der Waals surface area contributed by atoms with E-state index in [0.717, 1.165) is 0 Å². The summed E-state index contributed by atoms with van der Waals surface area (Å²) in [4.78, 5) is 0. The number of hydrogen-bond donors (Lipinski definition) is 0. The molecule has 0 rings (SSSR count). The van der Waals surface area contributed by atoms with Gasteiger partial charge in [-0.05, 0) is 0 Å². The SMILES string of the molecule is C#CCOCCOCCOCCOCCOCCOCCOCCOCCOCCOCCOCCOCCOCCOCCOCCOCCOCCOCCOCC#C. The van der Waals surface area contributed by atoms with Crippen molar-refractivity contribution in [3.8, 4) is 24.7 Å². The fraction of sp³-hybridized carbons (Fsp3) is 0.905. The van der Waals surface area contributed by atoms with Crippen LogP contribution in [0.5, 0.6) is 0 Å². The Bertz CT molecular complexity index is 811. The van der Waals surface area contributed by atoms with Gasteiger partial charge in [-0.15, -0.1) is 12.8 Å². The second-order valence-electron chi connectivity index (χ2n) is 11.9. The van der Waals surface area contributed by atoms with Crippen molar-refractivity contribution in [1.29, 1.82) is 0 Å². The third-order valence-electron chi connectivity index (χ3n) is 7.07. The van der Waals surface area contributed by atoms with E-state index in [1.807, 2.05) is 0 Å². The molecule has 0 saturated heterocycles. The molecule has 0 aliphatic carbocycles. The van der Waals surface area contributed by atoms with Gasteiger partial charge in [0.15, 0.2) is 0 Å². The zero-order valence-electron chi connectivity index (χ0n) is 36.8. The van der Waals surface area contributed by atoms with Gasteiger partial charge in [0.25, 0.3) is 0 Å². The third-order valence-corrected chi connectivity index (χ3v) is 7.07. The van der Waals surface area contributed by atoms with Crippen LogP contribution in [0, 0.1) is 24.7 Å². The van der Waals surface area contributed by atoms with Crippen molar-refractivity contribution < 1.29 is 90.0 Å². The molecule has 360 valence electrons. The lowest BCUT2D eigenvalue weighted by Gasteiger charge is -2.09. The molecular formula is C42H78O19. The standard InChI is InChI=1S/C42H78O19/c1-3-5-43-7-9-45-11-13-47-15-17-49-19-21-51-23-25-53-27-29-55-31-33-57-35-37-59-39-41-61-42-40-60-38-36-58-34-32-56-30-28-54-26-24-52-22-20-50-18-16-48-14-12-46-10-8-44-6-4-2/h1-2H,5-42H2. The van der Waals surface area contributed by atoms with Crippen molar-refractivity contribution in [2.45, 2.75) is 0 Å². The van der Waals surface area contributed by atoms with Crippen molar-refractivity contribution in [3.63, 3.8) is 0 Å². The monoisotopic (exact) mass is 887 g/mol. The molecule has 19 nitrogen and oxygen atoms in total. The van der Waals surface area contributed by atoms with Crippen LogP contribution < -0.4 is 0 Å². The largest absolute Gasteiger partial charge is 0.377 e. The van der Waals surface area contributed by atoms with Crippen molar-refractivity contribution in [1.82, 2.24) is 0 Å². The second kappa shape index (κ2) is 58.4. The van der Waals surface area contributed by atoms with E-state index >= 15 is 0 Å². The molecule has 0 N–H and O–H groups in total. The second-order valence-corrected chi connectivity index (χ2v) is 11.9. The predicted octanol–water partition coefficient (Wildman–Crippen LogP) is 0.568. The molecule has 0 aromatic heterocycles. The van der Waals surface area contributed by atoms with E-state index in [2.05, 4.69) is 11.8 Å². The fourth-order valence-electron chi connectivity index (χ4n) is 4.12. The van der Waals surface area contributed by atoms with Gasteiger partial charge in [-0.1, -0.05) is 11.8 Å². The summed E-state index contributed by atoms with van der Waals surface area (Å²) in [5.41, 5.74) is 0. The molecule has 61 heavy (non-hydrogen) atoms. The van der Waals surface area contributed by atoms with Crippen LogP contribution in [0.25, 0.3) is 0 Å². The highest BCUT2D eigenvalue weighted by atomic mass is 16.6. The first-order valence-electron chi connectivity index (χ1n) is 21.3. The summed E-state index contributed by atoms with van der Waals surface area (Å²) >= 11 is 0. The smallest absolute Gasteiger partial charge is 0.107 e. The Balaban J connectivity index is 3.06. The van der Waals surface area contributed by atoms with Gasteiger partial charge < -0.3 is 90.0 Å². The molecule has 0 unspecified atom stereocenters. The highest BCUT2D eigenvalue weighted by Crippen LogP contribution is 1.89. The Kier molecular flexibility index (Phi) is 56.8. The maximum Gasteiger partial charge on any atom is 0.107 e. The zero-order valence-corrected chi connectivity index (χ0v) is 36.8. The molecule has 0 atom stereocenters. The van der Waals surface area contributed by atoms with E-state index in [-0.39, 0.29) is 0 Å². The van der Waals surface area contributed by atoms with Crippen molar-refractivity contribution in [3.05, 3.63) is 0 Å². The van der Waals surface area contributed by atoms with E-state index < -0.39 is 0 Å². The molecule has 0 aliphatic heterocycles. The lowest BCUT2D eigenvalue weighted by molar-refractivity contribution is -0.0311. The maximum atomic E-state index is 5.50. The van der Waals surface area contributed by atoms with Gasteiger partial charge in [0.2, 0.25) is 0 Å². The number of hydrogen-bond acceptors (Lipinski definition) is 19. The lowest BCUT2D eigenvalue weighted by Crippen LogP contribution is -2.16. The molecule has 0 spiro atoms. The third kappa shape index (κ3) is 58.4. The minimum absolute atomic E-state index is 0.302. The normalized spacial score (nSPS) is 11.4. The van der Waals surface area contributed by atoms with Gasteiger partial charge in [0, 0.05) is 0 Å². The Morgan fingerprint density at radius 1 is 0.148 bits per heavy atom. The van der Waals surface area contributed by atoms with Crippen LogP contribution in [0.15, 0.2) is 0 Å². The van der Waals surface area contributed by atoms with Gasteiger partial charge in [-0.2, -0.15) is 0 Å². The summed E-state index contributed by atoms with van der Waals surface area (Å²) in [6.45, 7) is 18.5. The van der Waals surface area contributed by atoms with Crippen molar-refractivity contribution in [2.75, 3.05) is 251 Å². The molecule has 0 amide bonds. The molecule has 0 saturated carbocycles. The van der Waals surface area contributed by atoms with Crippen LogP contribution in [-0.2, 0) is 90.0 Å². The van der Waals surface area contributed by atoms with Crippen LogP contribution in [-0.4, -0.2) is 251 Å². The molecule has 0 aromatic carbocycles. The highest BCUT2D eigenvalue weighted by Gasteiger charge is 1.98. The van der Waals surface area contributed by atoms with Gasteiger partial charge in [-0.3, -0.25) is 0 Å². The topological polar surface area (TPSA) is 175 Å². The van der Waals surface area contributed by atoms with Gasteiger partial charge >= 0.3 is 0 Å². The maximum absolute atomic E-state index is 5.50. The lowest BCUT2D eigenvalue weighted by atomic mass is 10.6. The van der Waals surface area contributed by atoms with Crippen LogP contribution in [0.3, 0.4) is 0 Å². The average Bonchev–Trinajstić information content (AvgIpc) is 3.27. The fourth-order valence-corrected chi connectivity index (χ4v) is 4.12. The van der Waals surface area contributed by atoms with Crippen LogP contribution >= 0.6 is 0 Å². The molecular weight excluding hydrogens is 808 g/mol. The Morgan fingerprint density at radius 2 is 0.230 bits per heavy atom. The van der Waals surface area contributed by atoms with E-state index in [4.69, 9.17) is 103 Å². The Hall–Kier alpha value is -1.64. The van der Waals surface area contributed by atoms with Gasteiger partial charge in [-0.25, -0.2) is 0 Å². The molecule has 0 heterocycles. The summed E-state index contributed by atoms with van der Waals surface area (Å²) in [5, 5.41) is 0. The average molecular weight is 887 g/mol. The summed E-state index contributed by atoms with van der Waals surface area (Å²) in [5.74, 6) is 4.80.